The van der Waals surface area contributed by atoms with Crippen molar-refractivity contribution in [1.29, 1.82) is 0 Å². The lowest BCUT2D eigenvalue weighted by Crippen LogP contribution is -2.10. The van der Waals surface area contributed by atoms with Gasteiger partial charge < -0.3 is 5.11 Å². The average molecular weight is 140 g/mol. The molecule has 0 amide bonds. The maximum atomic E-state index is 10.4. The number of aliphatic carboxylic acids is 1. The van der Waals surface area contributed by atoms with Crippen LogP contribution in [0.4, 0.5) is 0 Å². The molecular weight excluding hydrogens is 128 g/mol. The summed E-state index contributed by atoms with van der Waals surface area (Å²) in [5, 5.41) is 8.60. The fraction of sp³-hybridized carbons (Fsp3) is 0.625. The van der Waals surface area contributed by atoms with Crippen LogP contribution in [-0.2, 0) is 4.79 Å². The Kier molecular flexibility index (Phi) is 2.10. The fourth-order valence-electron chi connectivity index (χ4n) is 1.25. The van der Waals surface area contributed by atoms with Gasteiger partial charge >= 0.3 is 5.97 Å². The molecule has 2 heteroatoms. The zero-order chi connectivity index (χ0) is 7.56. The molecule has 1 rings (SSSR count). The van der Waals surface area contributed by atoms with Gasteiger partial charge in [0.1, 0.15) is 0 Å². The van der Waals surface area contributed by atoms with Gasteiger partial charge in [-0.15, -0.1) is 0 Å². The van der Waals surface area contributed by atoms with E-state index in [1.165, 1.54) is 0 Å². The molecule has 0 aromatic carbocycles. The normalized spacial score (nSPS) is 20.3. The monoisotopic (exact) mass is 140 g/mol. The summed E-state index contributed by atoms with van der Waals surface area (Å²) in [5.74, 6) is -0.962. The van der Waals surface area contributed by atoms with Gasteiger partial charge in [-0.05, 0) is 26.2 Å². The van der Waals surface area contributed by atoms with Gasteiger partial charge in [0.15, 0.2) is 0 Å². The van der Waals surface area contributed by atoms with Gasteiger partial charge in [0.05, 0.1) is 5.92 Å². The highest BCUT2D eigenvalue weighted by Gasteiger charge is 2.17. The van der Waals surface area contributed by atoms with Crippen LogP contribution in [0.2, 0.25) is 0 Å². The van der Waals surface area contributed by atoms with E-state index in [9.17, 15) is 4.79 Å². The van der Waals surface area contributed by atoms with Crippen molar-refractivity contribution in [2.24, 2.45) is 5.92 Å². The van der Waals surface area contributed by atoms with Gasteiger partial charge in [-0.25, -0.2) is 0 Å². The summed E-state index contributed by atoms with van der Waals surface area (Å²) in [4.78, 5) is 10.4. The molecule has 0 fully saturated rings. The van der Waals surface area contributed by atoms with E-state index in [-0.39, 0.29) is 5.92 Å². The molecule has 10 heavy (non-hydrogen) atoms. The minimum atomic E-state index is -0.701. The van der Waals surface area contributed by atoms with Gasteiger partial charge in [-0.2, -0.15) is 0 Å². The molecule has 0 saturated heterocycles. The summed E-state index contributed by atoms with van der Waals surface area (Å²) in [6.07, 6.45) is 5.23. The molecule has 0 aromatic rings. The summed E-state index contributed by atoms with van der Waals surface area (Å²) in [6.45, 7) is 1.75. The van der Waals surface area contributed by atoms with E-state index in [0.29, 0.717) is 0 Å². The van der Waals surface area contributed by atoms with Gasteiger partial charge in [-0.3, -0.25) is 4.79 Å². The average Bonchev–Trinajstić information content (AvgIpc) is 2.36. The highest BCUT2D eigenvalue weighted by molar-refractivity contribution is 5.73. The first-order valence-electron chi connectivity index (χ1n) is 3.63. The van der Waals surface area contributed by atoms with Gasteiger partial charge in [0.2, 0.25) is 0 Å². The SMILES string of the molecule is C[C@@H](C(=O)O)C1=CCCC1. The molecule has 56 valence electrons. The van der Waals surface area contributed by atoms with Crippen LogP contribution in [0, 0.1) is 5.92 Å². The second-order valence-electron chi connectivity index (χ2n) is 2.73. The van der Waals surface area contributed by atoms with Crippen molar-refractivity contribution >= 4 is 5.97 Å². The van der Waals surface area contributed by atoms with Crippen LogP contribution in [0.1, 0.15) is 26.2 Å². The molecule has 0 saturated carbocycles. The Morgan fingerprint density at radius 3 is 2.90 bits per heavy atom. The Morgan fingerprint density at radius 1 is 1.80 bits per heavy atom. The summed E-state index contributed by atoms with van der Waals surface area (Å²) < 4.78 is 0. The number of hydrogen-bond acceptors (Lipinski definition) is 1. The summed E-state index contributed by atoms with van der Waals surface area (Å²) in [7, 11) is 0. The van der Waals surface area contributed by atoms with Crippen LogP contribution in [0.25, 0.3) is 0 Å². The predicted octanol–water partition coefficient (Wildman–Crippen LogP) is 1.82. The van der Waals surface area contributed by atoms with Crippen molar-refractivity contribution in [3.05, 3.63) is 11.6 Å². The largest absolute Gasteiger partial charge is 0.481 e. The molecule has 0 aromatic heterocycles. The quantitative estimate of drug-likeness (QED) is 0.594. The topological polar surface area (TPSA) is 37.3 Å². The third-order valence-electron chi connectivity index (χ3n) is 2.00. The number of carboxylic acids is 1. The van der Waals surface area contributed by atoms with Crippen LogP contribution in [0.5, 0.6) is 0 Å². The lowest BCUT2D eigenvalue weighted by Gasteiger charge is -2.05. The first kappa shape index (κ1) is 7.32. The summed E-state index contributed by atoms with van der Waals surface area (Å²) >= 11 is 0. The smallest absolute Gasteiger partial charge is 0.310 e. The van der Waals surface area contributed by atoms with Crippen LogP contribution >= 0.6 is 0 Å². The second kappa shape index (κ2) is 2.86. The zero-order valence-corrected chi connectivity index (χ0v) is 6.13. The van der Waals surface area contributed by atoms with E-state index < -0.39 is 5.97 Å². The minimum absolute atomic E-state index is 0.262. The molecule has 0 bridgehead atoms. The maximum absolute atomic E-state index is 10.4. The van der Waals surface area contributed by atoms with E-state index in [4.69, 9.17) is 5.11 Å². The Hall–Kier alpha value is -0.790. The number of hydrogen-bond donors (Lipinski definition) is 1. The highest BCUT2D eigenvalue weighted by Crippen LogP contribution is 2.24. The van der Waals surface area contributed by atoms with Gasteiger partial charge in [0, 0.05) is 0 Å². The molecule has 0 aliphatic heterocycles. The maximum Gasteiger partial charge on any atom is 0.310 e. The Bertz CT molecular complexity index is 170. The number of allylic oxidation sites excluding steroid dienone is 1. The van der Waals surface area contributed by atoms with E-state index in [1.54, 1.807) is 6.92 Å². The third-order valence-corrected chi connectivity index (χ3v) is 2.00. The first-order valence-corrected chi connectivity index (χ1v) is 3.63. The fourth-order valence-corrected chi connectivity index (χ4v) is 1.25. The lowest BCUT2D eigenvalue weighted by atomic mass is 10.0. The standard InChI is InChI=1S/C8H12O2/c1-6(8(9)10)7-4-2-3-5-7/h4,6H,2-3,5H2,1H3,(H,9,10)/t6-/m1/s1. The molecule has 1 atom stereocenters. The zero-order valence-electron chi connectivity index (χ0n) is 6.13. The van der Waals surface area contributed by atoms with Crippen molar-refractivity contribution in [3.63, 3.8) is 0 Å². The van der Waals surface area contributed by atoms with E-state index in [1.807, 2.05) is 0 Å². The Labute approximate surface area is 60.6 Å². The van der Waals surface area contributed by atoms with Crippen molar-refractivity contribution in [1.82, 2.24) is 0 Å². The molecule has 1 N–H and O–H groups in total. The number of rotatable bonds is 2. The lowest BCUT2D eigenvalue weighted by molar-refractivity contribution is -0.139. The van der Waals surface area contributed by atoms with Crippen molar-refractivity contribution in [2.45, 2.75) is 26.2 Å². The highest BCUT2D eigenvalue weighted by atomic mass is 16.4. The minimum Gasteiger partial charge on any atom is -0.481 e. The van der Waals surface area contributed by atoms with Crippen molar-refractivity contribution in [3.8, 4) is 0 Å². The van der Waals surface area contributed by atoms with Crippen molar-refractivity contribution < 1.29 is 9.90 Å². The molecule has 0 spiro atoms. The van der Waals surface area contributed by atoms with Crippen LogP contribution < -0.4 is 0 Å². The summed E-state index contributed by atoms with van der Waals surface area (Å²) in [5.41, 5.74) is 1.10. The van der Waals surface area contributed by atoms with E-state index in [0.717, 1.165) is 24.8 Å². The molecule has 1 aliphatic rings. The Morgan fingerprint density at radius 2 is 2.50 bits per heavy atom. The molecule has 0 radical (unpaired) electrons. The third kappa shape index (κ3) is 1.38. The first-order chi connectivity index (χ1) is 4.72. The summed E-state index contributed by atoms with van der Waals surface area (Å²) in [6, 6.07) is 0. The van der Waals surface area contributed by atoms with Crippen LogP contribution in [0.15, 0.2) is 11.6 Å². The number of carbonyl (C=O) groups is 1. The molecule has 0 heterocycles. The molecular formula is C8H12O2. The van der Waals surface area contributed by atoms with E-state index >= 15 is 0 Å². The van der Waals surface area contributed by atoms with Gasteiger partial charge in [-0.1, -0.05) is 11.6 Å². The second-order valence-corrected chi connectivity index (χ2v) is 2.73. The Balaban J connectivity index is 2.55. The predicted molar refractivity (Wildman–Crippen MR) is 38.7 cm³/mol. The molecule has 0 unspecified atom stereocenters. The van der Waals surface area contributed by atoms with Crippen molar-refractivity contribution in [2.75, 3.05) is 0 Å². The van der Waals surface area contributed by atoms with Gasteiger partial charge in [0.25, 0.3) is 0 Å². The molecule has 2 nitrogen and oxygen atoms in total. The van der Waals surface area contributed by atoms with Crippen LogP contribution in [0.3, 0.4) is 0 Å². The van der Waals surface area contributed by atoms with E-state index in [2.05, 4.69) is 6.08 Å². The molecule has 1 aliphatic carbocycles. The number of carboxylic acid groups (broad SMARTS) is 1. The van der Waals surface area contributed by atoms with Crippen LogP contribution in [-0.4, -0.2) is 11.1 Å².